The van der Waals surface area contributed by atoms with Crippen LogP contribution in [-0.2, 0) is 19.5 Å². The van der Waals surface area contributed by atoms with Gasteiger partial charge in [0.25, 0.3) is 10.1 Å². The van der Waals surface area contributed by atoms with Crippen LogP contribution in [0.4, 0.5) is 47.1 Å². The molecule has 4 aromatic rings. The Hall–Kier alpha value is -5.10. The summed E-state index contributed by atoms with van der Waals surface area (Å²) in [5, 5.41) is 66.8. The van der Waals surface area contributed by atoms with Crippen molar-refractivity contribution in [3.05, 3.63) is 47.5 Å². The van der Waals surface area contributed by atoms with Crippen LogP contribution in [0.2, 0.25) is 0 Å². The van der Waals surface area contributed by atoms with E-state index < -0.39 is 39.4 Å². The van der Waals surface area contributed by atoms with Crippen molar-refractivity contribution in [1.82, 2.24) is 39.7 Å². The Labute approximate surface area is 427 Å². The molecule has 0 saturated heterocycles. The van der Waals surface area contributed by atoms with E-state index in [1.54, 1.807) is 67.8 Å². The van der Waals surface area contributed by atoms with Crippen LogP contribution in [0, 0.1) is 0 Å². The maximum Gasteiger partial charge on any atom is 0.295 e. The van der Waals surface area contributed by atoms with Gasteiger partial charge in [-0.2, -0.15) is 38.3 Å². The number of aliphatic hydroxyl groups excluding tert-OH is 4. The molecule has 2 heterocycles. The number of anilines is 8. The van der Waals surface area contributed by atoms with Crippen molar-refractivity contribution in [2.45, 2.75) is 102 Å². The molecule has 0 bridgehead atoms. The maximum absolute atomic E-state index is 12.9. The molecule has 0 aliphatic heterocycles. The highest BCUT2D eigenvalue weighted by Gasteiger charge is 2.21. The SMILES string of the molecule is CCN(CC)CCCNc1nc(Nc2ccc(C=Cc3ccc(Nc4nc(NCCCN(CC)CC)nc(N(CC(C)O)CC(C)O)n4)cc3S(=O)(=O)O)c(SOOO)c2)nc(N(CC(C)O)CC(C)O)n1. The minimum atomic E-state index is -4.82. The van der Waals surface area contributed by atoms with Gasteiger partial charge >= 0.3 is 0 Å². The first-order valence-electron chi connectivity index (χ1n) is 24.1. The smallest absolute Gasteiger partial charge is 0.295 e. The van der Waals surface area contributed by atoms with Crippen molar-refractivity contribution in [2.24, 2.45) is 0 Å². The van der Waals surface area contributed by atoms with Crippen LogP contribution in [0.3, 0.4) is 0 Å². The number of benzene rings is 2. The second-order valence-electron chi connectivity index (χ2n) is 17.2. The van der Waals surface area contributed by atoms with Gasteiger partial charge in [-0.05, 0) is 115 Å². The molecule has 400 valence electrons. The summed E-state index contributed by atoms with van der Waals surface area (Å²) in [6.45, 7) is 21.9. The molecular formula is C46H74N14O10S2. The Bertz CT molecular complexity index is 2380. The van der Waals surface area contributed by atoms with E-state index in [0.717, 1.165) is 52.1 Å². The van der Waals surface area contributed by atoms with Gasteiger partial charge < -0.3 is 61.3 Å². The van der Waals surface area contributed by atoms with Crippen molar-refractivity contribution in [2.75, 3.05) is 110 Å². The third-order valence-electron chi connectivity index (χ3n) is 10.8. The Balaban J connectivity index is 1.67. The summed E-state index contributed by atoms with van der Waals surface area (Å²) in [7, 11) is -4.82. The number of aromatic nitrogens is 6. The van der Waals surface area contributed by atoms with E-state index >= 15 is 0 Å². The predicted octanol–water partition coefficient (Wildman–Crippen LogP) is 4.81. The summed E-state index contributed by atoms with van der Waals surface area (Å²) in [4.78, 5) is 35.3. The molecule has 0 spiro atoms. The topological polar surface area (TPSA) is 312 Å². The van der Waals surface area contributed by atoms with Crippen LogP contribution in [0.5, 0.6) is 0 Å². The van der Waals surface area contributed by atoms with Crippen LogP contribution in [-0.4, -0.2) is 181 Å². The summed E-state index contributed by atoms with van der Waals surface area (Å²) in [5.74, 6) is 1.03. The van der Waals surface area contributed by atoms with Crippen molar-refractivity contribution in [3.8, 4) is 0 Å². The van der Waals surface area contributed by atoms with E-state index in [4.69, 9.17) is 9.59 Å². The highest BCUT2D eigenvalue weighted by Crippen LogP contribution is 2.32. The van der Waals surface area contributed by atoms with Crippen LogP contribution in [0.1, 0.15) is 79.4 Å². The van der Waals surface area contributed by atoms with Gasteiger partial charge in [-0.1, -0.05) is 57.0 Å². The highest BCUT2D eigenvalue weighted by molar-refractivity contribution is 7.94. The second-order valence-corrected chi connectivity index (χ2v) is 19.3. The number of hydrogen-bond acceptors (Lipinski definition) is 24. The fourth-order valence-corrected chi connectivity index (χ4v) is 8.62. The third-order valence-corrected chi connectivity index (χ3v) is 12.4. The first-order chi connectivity index (χ1) is 34.3. The summed E-state index contributed by atoms with van der Waals surface area (Å²) in [6.07, 6.45) is 1.57. The summed E-state index contributed by atoms with van der Waals surface area (Å²) in [5.41, 5.74) is 1.27. The first-order valence-corrected chi connectivity index (χ1v) is 26.3. The fourth-order valence-electron chi connectivity index (χ4n) is 7.40. The molecule has 4 atom stereocenters. The third kappa shape index (κ3) is 20.4. The van der Waals surface area contributed by atoms with Crippen LogP contribution in [0.15, 0.2) is 46.2 Å². The molecule has 2 aromatic carbocycles. The van der Waals surface area contributed by atoms with Crippen molar-refractivity contribution < 1.29 is 48.0 Å². The van der Waals surface area contributed by atoms with Gasteiger partial charge in [0.05, 0.1) is 36.5 Å². The van der Waals surface area contributed by atoms with Gasteiger partial charge in [0.1, 0.15) is 4.90 Å². The molecule has 10 N–H and O–H groups in total. The minimum absolute atomic E-state index is 0.0297. The molecule has 4 unspecified atom stereocenters. The number of rotatable bonds is 34. The lowest BCUT2D eigenvalue weighted by atomic mass is 10.1. The van der Waals surface area contributed by atoms with Crippen LogP contribution >= 0.6 is 12.0 Å². The minimum Gasteiger partial charge on any atom is -0.392 e. The Morgan fingerprint density at radius 3 is 1.42 bits per heavy atom. The maximum atomic E-state index is 12.9. The van der Waals surface area contributed by atoms with Gasteiger partial charge in [-0.25, -0.2) is 5.26 Å². The summed E-state index contributed by atoms with van der Waals surface area (Å²) >= 11 is 0.652. The number of aliphatic hydroxyl groups is 4. The monoisotopic (exact) mass is 1050 g/mol. The standard InChI is InChI=1S/C46H74N14O10S2/c1-9-57(10-2)23-13-21-47-41-51-43(55-45(53-41)59(27-31(5)61)28-32(6)62)49-37-19-17-35(39(25-37)71-70-69-65)15-16-36-18-20-38(26-40(36)72(66,67)68)50-44-52-42(48-22-14-24-58(11-3)12-4)54-46(56-44)60(29-33(7)63)30-34(8)64/h15-20,25-26,31-34,61-65H,9-14,21-24,27-30H2,1-8H3,(H,66,67,68)(H2,47,49,51,53,55)(H2,48,50,52,54,56). The molecule has 0 radical (unpaired) electrons. The van der Waals surface area contributed by atoms with Crippen molar-refractivity contribution >= 4 is 81.4 Å². The van der Waals surface area contributed by atoms with Gasteiger partial charge in [0.2, 0.25) is 35.7 Å². The van der Waals surface area contributed by atoms with Crippen LogP contribution in [0.25, 0.3) is 12.2 Å². The predicted molar refractivity (Wildman–Crippen MR) is 281 cm³/mol. The Morgan fingerprint density at radius 1 is 0.611 bits per heavy atom. The summed E-state index contributed by atoms with van der Waals surface area (Å²) < 4.78 is 41.1. The van der Waals surface area contributed by atoms with Crippen LogP contribution < -0.4 is 31.1 Å². The number of hydrogen-bond donors (Lipinski definition) is 10. The lowest BCUT2D eigenvalue weighted by Crippen LogP contribution is -2.37. The number of nitrogens with one attached hydrogen (secondary N) is 4. The Kier molecular flexibility index (Phi) is 24.9. The van der Waals surface area contributed by atoms with Crippen molar-refractivity contribution in [3.63, 3.8) is 0 Å². The zero-order valence-electron chi connectivity index (χ0n) is 42.4. The Morgan fingerprint density at radius 2 is 1.01 bits per heavy atom. The largest absolute Gasteiger partial charge is 0.392 e. The zero-order valence-corrected chi connectivity index (χ0v) is 44.1. The van der Waals surface area contributed by atoms with E-state index in [2.05, 4.69) is 93.7 Å². The molecule has 0 aliphatic carbocycles. The molecule has 0 aliphatic rings. The van der Waals surface area contributed by atoms with Gasteiger partial charge in [-0.15, -0.1) is 4.33 Å². The lowest BCUT2D eigenvalue weighted by molar-refractivity contribution is -0.432. The van der Waals surface area contributed by atoms with E-state index in [1.807, 2.05) is 0 Å². The van der Waals surface area contributed by atoms with Gasteiger partial charge in [-0.3, -0.25) is 4.55 Å². The van der Waals surface area contributed by atoms with E-state index in [1.165, 1.54) is 18.2 Å². The van der Waals surface area contributed by atoms with Crippen molar-refractivity contribution in [1.29, 1.82) is 0 Å². The molecule has 2 aromatic heterocycles. The lowest BCUT2D eigenvalue weighted by Gasteiger charge is -2.26. The van der Waals surface area contributed by atoms with E-state index in [9.17, 15) is 33.4 Å². The highest BCUT2D eigenvalue weighted by atomic mass is 32.2. The quantitative estimate of drug-likeness (QED) is 0.00749. The number of nitrogens with zero attached hydrogens (tertiary/aromatic N) is 10. The summed E-state index contributed by atoms with van der Waals surface area (Å²) in [6, 6.07) is 9.30. The molecular weight excluding hydrogens is 973 g/mol. The zero-order chi connectivity index (χ0) is 52.8. The van der Waals surface area contributed by atoms with E-state index in [0.29, 0.717) is 41.3 Å². The molecule has 26 heteroatoms. The average Bonchev–Trinajstić information content (AvgIpc) is 3.32. The second kappa shape index (κ2) is 30.2. The fraction of sp³-hybridized carbons (Fsp3) is 0.565. The molecule has 0 fully saturated rings. The molecule has 4 rings (SSSR count). The molecule has 72 heavy (non-hydrogen) atoms. The molecule has 0 amide bonds. The van der Waals surface area contributed by atoms with E-state index in [-0.39, 0.29) is 73.1 Å². The van der Waals surface area contributed by atoms with Gasteiger partial charge in [0.15, 0.2) is 0 Å². The molecule has 0 saturated carbocycles. The first kappa shape index (κ1) is 59.5. The molecule has 24 nitrogen and oxygen atoms in total. The average molecular weight is 1050 g/mol. The normalized spacial score (nSPS) is 13.6. The van der Waals surface area contributed by atoms with Gasteiger partial charge in [0, 0.05) is 55.5 Å².